The number of phenolic OH excluding ortho intramolecular Hbond substituents is 1. The van der Waals surface area contributed by atoms with E-state index in [1.165, 1.54) is 12.1 Å². The van der Waals surface area contributed by atoms with E-state index in [9.17, 15) is 18.1 Å². The topological polar surface area (TPSA) is 115 Å². The van der Waals surface area contributed by atoms with E-state index in [0.29, 0.717) is 6.42 Å². The van der Waals surface area contributed by atoms with Crippen molar-refractivity contribution in [3.63, 3.8) is 0 Å². The fraction of sp³-hybridized carbons (Fsp3) is 0.167. The molecular formula is C24H24N3NaO5S. The fourth-order valence-electron chi connectivity index (χ4n) is 3.33. The van der Waals surface area contributed by atoms with Crippen molar-refractivity contribution >= 4 is 27.2 Å². The Hall–Kier alpha value is -2.69. The van der Waals surface area contributed by atoms with E-state index in [4.69, 9.17) is 0 Å². The van der Waals surface area contributed by atoms with Gasteiger partial charge in [-0.1, -0.05) is 48.5 Å². The Morgan fingerprint density at radius 2 is 1.41 bits per heavy atom. The zero-order valence-electron chi connectivity index (χ0n) is 19.5. The molecule has 0 aliphatic heterocycles. The molecule has 0 saturated heterocycles. The van der Waals surface area contributed by atoms with Gasteiger partial charge in [0.15, 0.2) is 0 Å². The van der Waals surface area contributed by atoms with Crippen LogP contribution in [0, 0.1) is 0 Å². The summed E-state index contributed by atoms with van der Waals surface area (Å²) >= 11 is 0. The summed E-state index contributed by atoms with van der Waals surface area (Å²) in [7, 11) is -1.27. The van der Waals surface area contributed by atoms with Crippen molar-refractivity contribution in [3.05, 3.63) is 89.5 Å². The number of nitrogens with zero attached hydrogens (tertiary/aromatic N) is 3. The first-order chi connectivity index (χ1) is 15.7. The number of aromatic hydroxyl groups is 1. The van der Waals surface area contributed by atoms with Crippen LogP contribution in [-0.2, 0) is 10.4 Å². The summed E-state index contributed by atoms with van der Waals surface area (Å²) in [6.07, 6.45) is 0.696. The number of rotatable bonds is 8. The maximum Gasteiger partial charge on any atom is 1.00 e. The average molecular weight is 490 g/mol. The number of hydrogen-bond acceptors (Lipinski definition) is 7. The van der Waals surface area contributed by atoms with Gasteiger partial charge >= 0.3 is 29.6 Å². The zero-order chi connectivity index (χ0) is 24.0. The molecule has 1 N–H and O–H groups in total. The van der Waals surface area contributed by atoms with Crippen LogP contribution in [0.2, 0.25) is 0 Å². The van der Waals surface area contributed by atoms with Gasteiger partial charge in [0.2, 0.25) is 0 Å². The smallest absolute Gasteiger partial charge is 0.716 e. The first-order valence-electron chi connectivity index (χ1n) is 10.1. The first kappa shape index (κ1) is 27.6. The maximum atomic E-state index is 10.9. The Bertz CT molecular complexity index is 1260. The van der Waals surface area contributed by atoms with Gasteiger partial charge in [-0.2, -0.15) is 0 Å². The average Bonchev–Trinajstić information content (AvgIpc) is 2.77. The van der Waals surface area contributed by atoms with E-state index >= 15 is 0 Å². The second kappa shape index (κ2) is 12.1. The van der Waals surface area contributed by atoms with Crippen LogP contribution in [0.5, 0.6) is 11.5 Å². The van der Waals surface area contributed by atoms with Crippen molar-refractivity contribution in [1.29, 1.82) is 0 Å². The third-order valence-corrected chi connectivity index (χ3v) is 5.10. The van der Waals surface area contributed by atoms with Crippen molar-refractivity contribution in [3.8, 4) is 11.5 Å². The van der Waals surface area contributed by atoms with E-state index in [1.807, 2.05) is 43.3 Å². The second-order valence-electron chi connectivity index (χ2n) is 7.35. The van der Waals surface area contributed by atoms with Gasteiger partial charge in [-0.3, -0.25) is 5.01 Å². The molecule has 0 aromatic heterocycles. The van der Waals surface area contributed by atoms with Crippen LogP contribution in [0.3, 0.4) is 0 Å². The summed E-state index contributed by atoms with van der Waals surface area (Å²) in [5, 5.41) is 19.5. The normalized spacial score (nSPS) is 12.1. The van der Waals surface area contributed by atoms with Crippen molar-refractivity contribution in [2.45, 2.75) is 13.3 Å². The van der Waals surface area contributed by atoms with E-state index in [-0.39, 0.29) is 41.1 Å². The Morgan fingerprint density at radius 3 is 1.88 bits per heavy atom. The molecule has 10 heteroatoms. The zero-order valence-corrected chi connectivity index (χ0v) is 22.3. The molecule has 0 aliphatic carbocycles. The van der Waals surface area contributed by atoms with Gasteiger partial charge in [-0.15, -0.1) is 5.11 Å². The van der Waals surface area contributed by atoms with E-state index in [0.717, 1.165) is 33.5 Å². The minimum atomic E-state index is -4.85. The Balaban J connectivity index is 0.00000408. The van der Waals surface area contributed by atoms with Crippen LogP contribution in [-0.4, -0.2) is 37.2 Å². The van der Waals surface area contributed by atoms with E-state index in [2.05, 4.69) is 14.5 Å². The summed E-state index contributed by atoms with van der Waals surface area (Å²) < 4.78 is 37.1. The minimum absolute atomic E-state index is 0. The van der Waals surface area contributed by atoms with Crippen molar-refractivity contribution in [1.82, 2.24) is 5.01 Å². The molecule has 34 heavy (non-hydrogen) atoms. The first-order valence-corrected chi connectivity index (χ1v) is 11.5. The Morgan fingerprint density at radius 1 is 0.912 bits per heavy atom. The van der Waals surface area contributed by atoms with Crippen molar-refractivity contribution < 1.29 is 51.8 Å². The third kappa shape index (κ3) is 7.68. The predicted molar refractivity (Wildman–Crippen MR) is 126 cm³/mol. The van der Waals surface area contributed by atoms with Crippen LogP contribution in [0.15, 0.2) is 83.1 Å². The SMILES string of the molecule is CC/C(=C(\c1ccc(O)cc1)c1ccc(OS(=O)(=O)[O-])cc1)c1ccc(N=NN(C)C)cc1.[Na+]. The molecule has 8 nitrogen and oxygen atoms in total. The van der Waals surface area contributed by atoms with E-state index in [1.54, 1.807) is 43.4 Å². The predicted octanol–water partition coefficient (Wildman–Crippen LogP) is 2.16. The van der Waals surface area contributed by atoms with Gasteiger partial charge in [-0.05, 0) is 70.7 Å². The molecular weight excluding hydrogens is 465 g/mol. The minimum Gasteiger partial charge on any atom is -0.716 e. The summed E-state index contributed by atoms with van der Waals surface area (Å²) in [5.74, 6) is 0.0867. The van der Waals surface area contributed by atoms with Gasteiger partial charge in [-0.25, -0.2) is 8.42 Å². The van der Waals surface area contributed by atoms with Crippen LogP contribution in [0.1, 0.15) is 30.0 Å². The summed E-state index contributed by atoms with van der Waals surface area (Å²) in [6, 6.07) is 20.8. The largest absolute Gasteiger partial charge is 1.00 e. The monoisotopic (exact) mass is 489 g/mol. The van der Waals surface area contributed by atoms with Gasteiger partial charge in [0.25, 0.3) is 10.4 Å². The van der Waals surface area contributed by atoms with Crippen LogP contribution < -0.4 is 33.7 Å². The molecule has 3 aromatic carbocycles. The quantitative estimate of drug-likeness (QED) is 0.130. The molecule has 0 fully saturated rings. The van der Waals surface area contributed by atoms with Gasteiger partial charge < -0.3 is 13.8 Å². The second-order valence-corrected chi connectivity index (χ2v) is 8.34. The standard InChI is InChI=1S/C24H25N3O5S.Na/c1-4-23(17-5-11-20(12-6-17)25-26-27(2)3)24(18-7-13-21(28)14-8-18)19-9-15-22(16-10-19)32-33(29,30)31;/h5-16,28H,4H2,1-3H3,(H,29,30,31);/q;+1/p-1/b24-23-,26-25?;. The molecule has 3 rings (SSSR count). The van der Waals surface area contributed by atoms with Crippen LogP contribution >= 0.6 is 0 Å². The Labute approximate surface area is 221 Å². The number of allylic oxidation sites excluding steroid dienone is 1. The number of hydrogen-bond donors (Lipinski definition) is 1. The fourth-order valence-corrected chi connectivity index (χ4v) is 3.68. The summed E-state index contributed by atoms with van der Waals surface area (Å²) in [5.41, 5.74) is 5.29. The van der Waals surface area contributed by atoms with Crippen LogP contribution in [0.25, 0.3) is 11.1 Å². The molecule has 3 aromatic rings. The van der Waals surface area contributed by atoms with Crippen LogP contribution in [0.4, 0.5) is 5.69 Å². The molecule has 0 unspecified atom stereocenters. The Kier molecular flexibility index (Phi) is 9.84. The van der Waals surface area contributed by atoms with Crippen molar-refractivity contribution in [2.24, 2.45) is 10.3 Å². The maximum absolute atomic E-state index is 10.9. The van der Waals surface area contributed by atoms with Gasteiger partial charge in [0, 0.05) is 14.1 Å². The molecule has 0 amide bonds. The molecule has 0 saturated carbocycles. The van der Waals surface area contributed by atoms with E-state index < -0.39 is 10.4 Å². The van der Waals surface area contributed by atoms with Gasteiger partial charge in [0.05, 0.1) is 5.69 Å². The number of benzene rings is 3. The van der Waals surface area contributed by atoms with Crippen molar-refractivity contribution in [2.75, 3.05) is 14.1 Å². The third-order valence-electron chi connectivity index (χ3n) is 4.71. The molecule has 0 atom stereocenters. The molecule has 0 radical (unpaired) electrons. The number of phenols is 1. The summed E-state index contributed by atoms with van der Waals surface area (Å²) in [4.78, 5) is 0. The molecule has 0 aliphatic rings. The molecule has 0 heterocycles. The summed E-state index contributed by atoms with van der Waals surface area (Å²) in [6.45, 7) is 2.04. The molecule has 0 spiro atoms. The van der Waals surface area contributed by atoms with Gasteiger partial charge in [0.1, 0.15) is 11.5 Å². The molecule has 172 valence electrons. The molecule has 0 bridgehead atoms.